The van der Waals surface area contributed by atoms with E-state index in [1.165, 1.54) is 0 Å². The summed E-state index contributed by atoms with van der Waals surface area (Å²) in [6.07, 6.45) is -0.946. The number of carboxylic acids is 1. The molecule has 0 aliphatic carbocycles. The fraction of sp³-hybridized carbons (Fsp3) is 0.800. The smallest absolute Gasteiger partial charge is 0.320 e. The van der Waals surface area contributed by atoms with Gasteiger partial charge in [-0.2, -0.15) is 0 Å². The molecule has 0 aromatic heterocycles. The molecule has 0 amide bonds. The second kappa shape index (κ2) is 5.54. The highest BCUT2D eigenvalue weighted by atomic mass is 35.5. The highest BCUT2D eigenvalue weighted by Gasteiger charge is 2.16. The number of carbonyl (C=O) groups is 1. The lowest BCUT2D eigenvalue weighted by Crippen LogP contribution is -2.30. The van der Waals surface area contributed by atoms with E-state index in [9.17, 15) is 9.36 Å². The minimum absolute atomic E-state index is 0. The van der Waals surface area contributed by atoms with E-state index in [1.807, 2.05) is 0 Å². The van der Waals surface area contributed by atoms with Crippen LogP contribution in [-0.4, -0.2) is 34.8 Å². The maximum Gasteiger partial charge on any atom is 0.320 e. The fourth-order valence-electron chi connectivity index (χ4n) is 0.438. The molecule has 0 bridgehead atoms. The first-order valence-corrected chi connectivity index (χ1v) is 4.73. The Hall–Kier alpha value is -0.0900. The van der Waals surface area contributed by atoms with Gasteiger partial charge in [-0.1, -0.05) is 0 Å². The second-order valence-electron chi connectivity index (χ2n) is 2.16. The molecule has 0 rings (SSSR count). The molecule has 12 heavy (non-hydrogen) atoms. The molecular weight excluding hydrogens is 204 g/mol. The number of nitrogens with two attached hydrogens (primary N) is 1. The number of aliphatic carboxylic acids is 1. The third-order valence-electron chi connectivity index (χ3n) is 1.06. The largest absolute Gasteiger partial charge is 0.480 e. The van der Waals surface area contributed by atoms with E-state index < -0.39 is 32.1 Å². The highest BCUT2D eigenvalue weighted by molar-refractivity contribution is 7.57. The maximum absolute atomic E-state index is 11.1. The zero-order valence-electron chi connectivity index (χ0n) is 9.14. The molecule has 0 aromatic carbocycles. The first kappa shape index (κ1) is 8.51. The van der Waals surface area contributed by atoms with E-state index in [0.29, 0.717) is 0 Å². The van der Waals surface area contributed by atoms with E-state index in [4.69, 9.17) is 19.8 Å². The average Bonchev–Trinajstić information content (AvgIpc) is 1.97. The van der Waals surface area contributed by atoms with Gasteiger partial charge >= 0.3 is 5.97 Å². The van der Waals surface area contributed by atoms with Crippen LogP contribution in [0.2, 0.25) is 0 Å². The third kappa shape index (κ3) is 8.01. The SMILES string of the molecule is Cl.[2H]C([2H])([2H])P(=O)(O)CCC(N)C(=O)O. The molecule has 0 heterocycles. The number of rotatable bonds is 4. The van der Waals surface area contributed by atoms with Crippen LogP contribution in [0, 0.1) is 0 Å². The Morgan fingerprint density at radius 2 is 2.33 bits per heavy atom. The Kier molecular flexibility index (Phi) is 3.93. The quantitative estimate of drug-likeness (QED) is 0.584. The summed E-state index contributed by atoms with van der Waals surface area (Å²) in [5, 5.41) is 8.34. The summed E-state index contributed by atoms with van der Waals surface area (Å²) in [6.45, 7) is -2.97. The van der Waals surface area contributed by atoms with Crippen LogP contribution in [0.1, 0.15) is 10.5 Å². The van der Waals surface area contributed by atoms with Crippen molar-refractivity contribution in [1.29, 1.82) is 0 Å². The minimum atomic E-state index is -4.31. The van der Waals surface area contributed by atoms with Crippen LogP contribution in [0.5, 0.6) is 0 Å². The lowest BCUT2D eigenvalue weighted by molar-refractivity contribution is -0.138. The Morgan fingerprint density at radius 1 is 1.83 bits per heavy atom. The zero-order valence-corrected chi connectivity index (χ0v) is 7.85. The maximum atomic E-state index is 11.1. The van der Waals surface area contributed by atoms with Gasteiger partial charge < -0.3 is 15.7 Å². The van der Waals surface area contributed by atoms with E-state index in [2.05, 4.69) is 0 Å². The predicted octanol–water partition coefficient (Wildman–Crippen LogP) is 0.110. The van der Waals surface area contributed by atoms with Crippen LogP contribution in [0.25, 0.3) is 0 Å². The van der Waals surface area contributed by atoms with Gasteiger partial charge in [0.25, 0.3) is 0 Å². The molecule has 0 saturated carbocycles. The molecule has 7 heteroatoms. The van der Waals surface area contributed by atoms with Gasteiger partial charge in [0, 0.05) is 16.9 Å². The van der Waals surface area contributed by atoms with Crippen LogP contribution < -0.4 is 5.73 Å². The van der Waals surface area contributed by atoms with Gasteiger partial charge in [-0.05, 0) is 6.42 Å². The van der Waals surface area contributed by atoms with Crippen LogP contribution in [0.3, 0.4) is 0 Å². The van der Waals surface area contributed by atoms with Crippen LogP contribution in [-0.2, 0) is 9.36 Å². The standard InChI is InChI=1S/C5H12NO4P.ClH/c1-11(9,10)3-2-4(6)5(7)8;/h4H,2-3,6H2,1H3,(H,7,8)(H,9,10);1H/i1D3;. The molecule has 4 N–H and O–H groups in total. The Bertz CT molecular complexity index is 271. The van der Waals surface area contributed by atoms with E-state index in [-0.39, 0.29) is 18.8 Å². The lowest BCUT2D eigenvalue weighted by atomic mass is 10.2. The van der Waals surface area contributed by atoms with Crippen molar-refractivity contribution in [3.05, 3.63) is 0 Å². The van der Waals surface area contributed by atoms with Crippen molar-refractivity contribution in [1.82, 2.24) is 0 Å². The molecule has 0 aliphatic rings. The molecule has 0 aromatic rings. The van der Waals surface area contributed by atoms with E-state index in [0.717, 1.165) is 0 Å². The molecule has 0 aliphatic heterocycles. The minimum Gasteiger partial charge on any atom is -0.480 e. The van der Waals surface area contributed by atoms with Crippen molar-refractivity contribution < 1.29 is 23.5 Å². The Balaban J connectivity index is 0. The monoisotopic (exact) mass is 220 g/mol. The molecule has 0 radical (unpaired) electrons. The third-order valence-corrected chi connectivity index (χ3v) is 1.92. The first-order valence-electron chi connectivity index (χ1n) is 4.38. The van der Waals surface area contributed by atoms with Gasteiger partial charge in [-0.3, -0.25) is 9.36 Å². The average molecular weight is 221 g/mol. The van der Waals surface area contributed by atoms with Crippen molar-refractivity contribution in [2.45, 2.75) is 12.5 Å². The summed E-state index contributed by atoms with van der Waals surface area (Å²) in [6, 6.07) is -1.31. The predicted molar refractivity (Wildman–Crippen MR) is 48.1 cm³/mol. The second-order valence-corrected chi connectivity index (χ2v) is 4.01. The number of hydrogen-bond acceptors (Lipinski definition) is 3. The summed E-state index contributed by atoms with van der Waals surface area (Å²) in [5.41, 5.74) is 5.05. The van der Waals surface area contributed by atoms with Gasteiger partial charge in [0.1, 0.15) is 6.04 Å². The van der Waals surface area contributed by atoms with Crippen LogP contribution in [0.4, 0.5) is 0 Å². The van der Waals surface area contributed by atoms with Crippen molar-refractivity contribution in [2.24, 2.45) is 5.73 Å². The summed E-state index contributed by atoms with van der Waals surface area (Å²) < 4.78 is 31.3. The zero-order chi connectivity index (χ0) is 11.6. The summed E-state index contributed by atoms with van der Waals surface area (Å²) in [7, 11) is -4.31. The van der Waals surface area contributed by atoms with Crippen LogP contribution >= 0.6 is 19.8 Å². The summed E-state index contributed by atoms with van der Waals surface area (Å²) in [4.78, 5) is 19.3. The van der Waals surface area contributed by atoms with Crippen molar-refractivity contribution in [3.8, 4) is 0 Å². The van der Waals surface area contributed by atoms with Gasteiger partial charge in [-0.25, -0.2) is 0 Å². The normalized spacial score (nSPS) is 22.0. The van der Waals surface area contributed by atoms with E-state index >= 15 is 0 Å². The van der Waals surface area contributed by atoms with Crippen LogP contribution in [0.15, 0.2) is 0 Å². The molecule has 0 saturated heterocycles. The van der Waals surface area contributed by atoms with Crippen molar-refractivity contribution >= 4 is 25.7 Å². The molecule has 5 nitrogen and oxygen atoms in total. The molecule has 2 unspecified atom stereocenters. The highest BCUT2D eigenvalue weighted by Crippen LogP contribution is 2.35. The Morgan fingerprint density at radius 3 is 2.67 bits per heavy atom. The van der Waals surface area contributed by atoms with Gasteiger partial charge in [0.05, 0.1) is 0 Å². The molecule has 2 atom stereocenters. The van der Waals surface area contributed by atoms with Gasteiger partial charge in [0.2, 0.25) is 0 Å². The lowest BCUT2D eigenvalue weighted by Gasteiger charge is -2.07. The molecule has 0 fully saturated rings. The van der Waals surface area contributed by atoms with Crippen molar-refractivity contribution in [2.75, 3.05) is 12.8 Å². The molecule has 0 spiro atoms. The summed E-state index contributed by atoms with van der Waals surface area (Å²) in [5.74, 6) is -1.32. The Labute approximate surface area is 81.0 Å². The number of hydrogen-bond donors (Lipinski definition) is 3. The van der Waals surface area contributed by atoms with E-state index in [1.54, 1.807) is 0 Å². The number of carboxylic acid groups (broad SMARTS) is 1. The summed E-state index contributed by atoms with van der Waals surface area (Å²) >= 11 is 0. The molecular formula is C5H13ClNO4P. The molecule has 74 valence electrons. The van der Waals surface area contributed by atoms with Gasteiger partial charge in [-0.15, -0.1) is 12.4 Å². The topological polar surface area (TPSA) is 101 Å². The van der Waals surface area contributed by atoms with Gasteiger partial charge in [0.15, 0.2) is 7.37 Å². The fourth-order valence-corrected chi connectivity index (χ4v) is 1.07. The number of halogens is 1. The van der Waals surface area contributed by atoms with Crippen molar-refractivity contribution in [3.63, 3.8) is 0 Å². The first-order chi connectivity index (χ1) is 6.08.